The maximum Gasteiger partial charge on any atom is 0.161 e. The number of fused-ring (bicyclic) bond motifs is 4. The molecule has 50 heavy (non-hydrogen) atoms. The summed E-state index contributed by atoms with van der Waals surface area (Å²) < 4.78 is 23.0. The summed E-state index contributed by atoms with van der Waals surface area (Å²) in [5, 5.41) is 11.5. The van der Waals surface area contributed by atoms with E-state index >= 15 is 0 Å². The lowest BCUT2D eigenvalue weighted by Gasteiger charge is -2.49. The maximum atomic E-state index is 11.5. The molecular weight excluding hydrogens is 722 g/mol. The molecule has 4 aliphatic heterocycles. The van der Waals surface area contributed by atoms with Crippen molar-refractivity contribution in [3.63, 3.8) is 0 Å². The van der Waals surface area contributed by atoms with Gasteiger partial charge in [-0.1, -0.05) is 13.3 Å². The average Bonchev–Trinajstić information content (AvgIpc) is 3.08. The van der Waals surface area contributed by atoms with Crippen molar-refractivity contribution < 1.29 is 24.1 Å². The van der Waals surface area contributed by atoms with Crippen LogP contribution in [0, 0.1) is 11.8 Å². The molecule has 2 fully saturated rings. The molecule has 4 aliphatic rings. The number of halogens is 4. The van der Waals surface area contributed by atoms with Crippen LogP contribution in [0.3, 0.4) is 0 Å². The van der Waals surface area contributed by atoms with Gasteiger partial charge in [0.05, 0.1) is 34.5 Å². The zero-order chi connectivity index (χ0) is 32.4. The lowest BCUT2D eigenvalue weighted by molar-refractivity contribution is 0.0125. The van der Waals surface area contributed by atoms with Gasteiger partial charge in [0, 0.05) is 71.0 Å². The summed E-state index contributed by atoms with van der Waals surface area (Å²) in [4.78, 5) is 10.1. The standard InChI is InChI=1S/C37H56N4O5.4ClH/c1-7-25-22-40-10-8-26-18-34(43-3)36(45-5)20-30(26)32(40)16-28(25)17-33-31-21-37(46-6)35(44-4)19-27(31)9-11-41(33)24-29(42)23-39-14-12-38(2)13-15-39;;;;/h18-21,25,28-29,32-33,42H,7-17,22-24H2,1-6H3;4*1H/t25-,28+,29?,32-,33+;;;;/m0..../s1. The first-order chi connectivity index (χ1) is 22.3. The fourth-order valence-electron chi connectivity index (χ4n) is 8.77. The van der Waals surface area contributed by atoms with Crippen molar-refractivity contribution in [1.29, 1.82) is 0 Å². The third-order valence-electron chi connectivity index (χ3n) is 11.4. The van der Waals surface area contributed by atoms with Gasteiger partial charge in [-0.25, -0.2) is 0 Å². The number of β-amino-alcohol motifs (C(OH)–C–C–N with tert-alkyl or cyclic N) is 1. The largest absolute Gasteiger partial charge is 0.493 e. The third-order valence-corrected chi connectivity index (χ3v) is 11.4. The number of piperazine rings is 1. The van der Waals surface area contributed by atoms with Gasteiger partial charge in [-0.2, -0.15) is 0 Å². The predicted octanol–water partition coefficient (Wildman–Crippen LogP) is 5.95. The Kier molecular flexibility index (Phi) is 18.0. The molecule has 286 valence electrons. The highest BCUT2D eigenvalue weighted by Gasteiger charge is 2.41. The van der Waals surface area contributed by atoms with Crippen molar-refractivity contribution in [2.45, 2.75) is 57.2 Å². The summed E-state index contributed by atoms with van der Waals surface area (Å²) in [5.74, 6) is 4.40. The number of hydrogen-bond acceptors (Lipinski definition) is 9. The number of piperidine rings is 1. The number of benzene rings is 2. The highest BCUT2D eigenvalue weighted by molar-refractivity contribution is 5.86. The second kappa shape index (κ2) is 20.2. The number of methoxy groups -OCH3 is 4. The summed E-state index contributed by atoms with van der Waals surface area (Å²) in [6.07, 6.45) is 4.96. The van der Waals surface area contributed by atoms with Crippen LogP contribution in [0.25, 0.3) is 0 Å². The van der Waals surface area contributed by atoms with Crippen molar-refractivity contribution in [2.24, 2.45) is 11.8 Å². The Morgan fingerprint density at radius 3 is 1.82 bits per heavy atom. The SMILES string of the molecule is CC[C@H]1CN2CCc3cc(OC)c(OC)cc3[C@@H]2C[C@@H]1C[C@@H]1c2cc(OC)c(OC)cc2CCN1CC(O)CN1CCN(C)CC1.Cl.Cl.Cl.Cl. The van der Waals surface area contributed by atoms with Crippen molar-refractivity contribution in [1.82, 2.24) is 19.6 Å². The molecule has 0 spiro atoms. The lowest BCUT2D eigenvalue weighted by atomic mass is 9.72. The van der Waals surface area contributed by atoms with E-state index < -0.39 is 0 Å². The predicted molar refractivity (Wildman–Crippen MR) is 211 cm³/mol. The quantitative estimate of drug-likeness (QED) is 0.298. The van der Waals surface area contributed by atoms with E-state index in [-0.39, 0.29) is 61.8 Å². The van der Waals surface area contributed by atoms with Gasteiger partial charge in [0.25, 0.3) is 0 Å². The fourth-order valence-corrected chi connectivity index (χ4v) is 8.77. The summed E-state index contributed by atoms with van der Waals surface area (Å²) in [7, 11) is 9.09. The Morgan fingerprint density at radius 2 is 1.24 bits per heavy atom. The topological polar surface area (TPSA) is 70.1 Å². The van der Waals surface area contributed by atoms with Crippen LogP contribution >= 0.6 is 49.6 Å². The first kappa shape index (κ1) is 44.8. The van der Waals surface area contributed by atoms with Crippen LogP contribution in [0.15, 0.2) is 24.3 Å². The minimum absolute atomic E-state index is 0. The molecule has 5 atom stereocenters. The smallest absolute Gasteiger partial charge is 0.161 e. The Hall–Kier alpha value is -1.40. The average molecular weight is 783 g/mol. The zero-order valence-corrected chi connectivity index (χ0v) is 33.9. The summed E-state index contributed by atoms with van der Waals surface area (Å²) in [5.41, 5.74) is 5.47. The van der Waals surface area contributed by atoms with E-state index in [1.807, 2.05) is 0 Å². The maximum absolute atomic E-state index is 11.5. The molecule has 0 saturated carbocycles. The van der Waals surface area contributed by atoms with E-state index in [0.29, 0.717) is 24.4 Å². The van der Waals surface area contributed by atoms with E-state index in [1.165, 1.54) is 28.7 Å². The Labute approximate surface area is 324 Å². The normalized spacial score (nSPS) is 24.4. The molecule has 6 rings (SSSR count). The molecule has 2 aromatic rings. The summed E-state index contributed by atoms with van der Waals surface area (Å²) in [6.45, 7) is 11.1. The van der Waals surface area contributed by atoms with Crippen LogP contribution in [0.2, 0.25) is 0 Å². The Balaban J connectivity index is 0.00000217. The molecule has 0 radical (unpaired) electrons. The molecule has 13 heteroatoms. The first-order valence-electron chi connectivity index (χ1n) is 17.4. The van der Waals surface area contributed by atoms with Crippen molar-refractivity contribution in [3.8, 4) is 23.0 Å². The molecule has 0 aliphatic carbocycles. The van der Waals surface area contributed by atoms with Gasteiger partial charge < -0.3 is 29.0 Å². The van der Waals surface area contributed by atoms with E-state index in [4.69, 9.17) is 18.9 Å². The molecule has 0 bridgehead atoms. The molecule has 1 unspecified atom stereocenters. The fraction of sp³-hybridized carbons (Fsp3) is 0.676. The second-order valence-corrected chi connectivity index (χ2v) is 14.0. The van der Waals surface area contributed by atoms with E-state index in [2.05, 4.69) is 57.8 Å². The number of aliphatic hydroxyl groups excluding tert-OH is 1. The Bertz CT molecular complexity index is 1350. The van der Waals surface area contributed by atoms with E-state index in [0.717, 1.165) is 101 Å². The van der Waals surface area contributed by atoms with Gasteiger partial charge in [-0.15, -0.1) is 49.6 Å². The molecule has 4 heterocycles. The van der Waals surface area contributed by atoms with Crippen LogP contribution in [0.4, 0.5) is 0 Å². The van der Waals surface area contributed by atoms with Gasteiger partial charge in [-0.05, 0) is 91.1 Å². The van der Waals surface area contributed by atoms with E-state index in [1.54, 1.807) is 28.4 Å². The third kappa shape index (κ3) is 9.57. The Morgan fingerprint density at radius 1 is 0.700 bits per heavy atom. The second-order valence-electron chi connectivity index (χ2n) is 14.0. The summed E-state index contributed by atoms with van der Waals surface area (Å²) >= 11 is 0. The monoisotopic (exact) mass is 780 g/mol. The minimum atomic E-state index is -0.385. The lowest BCUT2D eigenvalue weighted by Crippen LogP contribution is -2.50. The number of rotatable bonds is 11. The molecule has 1 N–H and O–H groups in total. The van der Waals surface area contributed by atoms with Crippen LogP contribution in [0.1, 0.15) is 60.5 Å². The molecule has 0 aromatic heterocycles. The molecule has 0 amide bonds. The molecular formula is C37H60Cl4N4O5. The number of ether oxygens (including phenoxy) is 4. The van der Waals surface area contributed by atoms with Gasteiger partial charge >= 0.3 is 0 Å². The number of likely N-dealkylation sites (N-methyl/N-ethyl adjacent to an activating group) is 1. The highest BCUT2D eigenvalue weighted by Crippen LogP contribution is 2.49. The highest BCUT2D eigenvalue weighted by atomic mass is 35.5. The van der Waals surface area contributed by atoms with Crippen LogP contribution in [-0.4, -0.2) is 125 Å². The number of hydrogen-bond donors (Lipinski definition) is 1. The van der Waals surface area contributed by atoms with Crippen LogP contribution in [0.5, 0.6) is 23.0 Å². The van der Waals surface area contributed by atoms with Crippen LogP contribution in [-0.2, 0) is 12.8 Å². The van der Waals surface area contributed by atoms with Crippen LogP contribution < -0.4 is 18.9 Å². The van der Waals surface area contributed by atoms with Gasteiger partial charge in [-0.3, -0.25) is 14.7 Å². The van der Waals surface area contributed by atoms with Gasteiger partial charge in [0.15, 0.2) is 23.0 Å². The molecule has 2 aromatic carbocycles. The van der Waals surface area contributed by atoms with Gasteiger partial charge in [0.2, 0.25) is 0 Å². The van der Waals surface area contributed by atoms with Gasteiger partial charge in [0.1, 0.15) is 0 Å². The number of nitrogens with zero attached hydrogens (tertiary/aromatic N) is 4. The van der Waals surface area contributed by atoms with Crippen molar-refractivity contribution in [2.75, 3.05) is 94.4 Å². The molecule has 2 saturated heterocycles. The minimum Gasteiger partial charge on any atom is -0.493 e. The van der Waals surface area contributed by atoms with E-state index in [9.17, 15) is 5.11 Å². The first-order valence-corrected chi connectivity index (χ1v) is 17.4. The summed E-state index contributed by atoms with van der Waals surface area (Å²) in [6, 6.07) is 9.44. The molecule has 9 nitrogen and oxygen atoms in total. The van der Waals surface area contributed by atoms with Crippen molar-refractivity contribution >= 4 is 49.6 Å². The van der Waals surface area contributed by atoms with Crippen molar-refractivity contribution in [3.05, 3.63) is 46.5 Å². The zero-order valence-electron chi connectivity index (χ0n) is 30.6. The number of aliphatic hydroxyl groups is 1.